The van der Waals surface area contributed by atoms with Crippen LogP contribution in [0.5, 0.6) is 5.75 Å². The van der Waals surface area contributed by atoms with Crippen molar-refractivity contribution in [3.63, 3.8) is 0 Å². The van der Waals surface area contributed by atoms with E-state index in [0.29, 0.717) is 12.8 Å². The van der Waals surface area contributed by atoms with E-state index in [1.54, 1.807) is 12.1 Å². The van der Waals surface area contributed by atoms with Gasteiger partial charge in [-0.1, -0.05) is 18.2 Å². The fourth-order valence-electron chi connectivity index (χ4n) is 3.33. The summed E-state index contributed by atoms with van der Waals surface area (Å²) in [5.74, 6) is -0.250. The summed E-state index contributed by atoms with van der Waals surface area (Å²) in [7, 11) is 1.44. The van der Waals surface area contributed by atoms with Gasteiger partial charge in [0.2, 0.25) is 5.91 Å². The highest BCUT2D eigenvalue weighted by Gasteiger charge is 2.15. The summed E-state index contributed by atoms with van der Waals surface area (Å²) in [6, 6.07) is 12.7. The van der Waals surface area contributed by atoms with Crippen LogP contribution < -0.4 is 15.0 Å². The number of nitrogens with one attached hydrogen (secondary N) is 1. The summed E-state index contributed by atoms with van der Waals surface area (Å²) < 4.78 is 18.7. The number of piperidine rings is 1. The number of methoxy groups -OCH3 is 1. The van der Waals surface area contributed by atoms with Crippen molar-refractivity contribution in [3.05, 3.63) is 53.8 Å². The number of benzene rings is 2. The molecule has 0 radical (unpaired) electrons. The van der Waals surface area contributed by atoms with Gasteiger partial charge in [0, 0.05) is 19.5 Å². The molecule has 0 saturated carbocycles. The molecule has 138 valence electrons. The van der Waals surface area contributed by atoms with Crippen LogP contribution in [-0.4, -0.2) is 26.1 Å². The molecule has 0 unspecified atom stereocenters. The average molecular weight is 356 g/mol. The van der Waals surface area contributed by atoms with E-state index in [-0.39, 0.29) is 11.7 Å². The number of carbonyl (C=O) groups is 1. The molecular formula is C21H25FN2O2. The Morgan fingerprint density at radius 1 is 1.15 bits per heavy atom. The highest BCUT2D eigenvalue weighted by Crippen LogP contribution is 2.28. The molecule has 3 rings (SSSR count). The minimum Gasteiger partial charge on any atom is -0.494 e. The number of hydrogen-bond donors (Lipinski definition) is 1. The van der Waals surface area contributed by atoms with Crippen molar-refractivity contribution in [1.29, 1.82) is 0 Å². The van der Waals surface area contributed by atoms with Crippen LogP contribution in [0.2, 0.25) is 0 Å². The lowest BCUT2D eigenvalue weighted by atomic mass is 10.1. The summed E-state index contributed by atoms with van der Waals surface area (Å²) in [5.41, 5.74) is 2.71. The van der Waals surface area contributed by atoms with E-state index in [4.69, 9.17) is 4.74 Å². The first-order chi connectivity index (χ1) is 12.7. The number of rotatable bonds is 6. The third kappa shape index (κ3) is 4.54. The average Bonchev–Trinajstić information content (AvgIpc) is 2.67. The zero-order chi connectivity index (χ0) is 18.4. The molecule has 4 nitrogen and oxygen atoms in total. The molecule has 0 bridgehead atoms. The smallest absolute Gasteiger partial charge is 0.224 e. The van der Waals surface area contributed by atoms with E-state index in [9.17, 15) is 9.18 Å². The van der Waals surface area contributed by atoms with Crippen LogP contribution in [0, 0.1) is 5.82 Å². The van der Waals surface area contributed by atoms with Gasteiger partial charge in [0.15, 0.2) is 11.6 Å². The Hall–Kier alpha value is -2.56. The molecule has 5 heteroatoms. The van der Waals surface area contributed by atoms with E-state index in [0.717, 1.165) is 30.0 Å². The molecule has 26 heavy (non-hydrogen) atoms. The second-order valence-corrected chi connectivity index (χ2v) is 6.58. The van der Waals surface area contributed by atoms with Gasteiger partial charge in [-0.25, -0.2) is 4.39 Å². The first kappa shape index (κ1) is 18.2. The SMILES string of the molecule is COc1ccc(CCC(=O)Nc2ccccc2N2CCCCC2)cc1F. The molecule has 1 N–H and O–H groups in total. The highest BCUT2D eigenvalue weighted by atomic mass is 19.1. The molecule has 2 aromatic carbocycles. The molecule has 1 heterocycles. The van der Waals surface area contributed by atoms with Crippen LogP contribution in [-0.2, 0) is 11.2 Å². The van der Waals surface area contributed by atoms with Crippen LogP contribution in [0.15, 0.2) is 42.5 Å². The summed E-state index contributed by atoms with van der Waals surface area (Å²) in [6.45, 7) is 2.05. The van der Waals surface area contributed by atoms with Gasteiger partial charge < -0.3 is 15.0 Å². The van der Waals surface area contributed by atoms with E-state index >= 15 is 0 Å². The van der Waals surface area contributed by atoms with Gasteiger partial charge in [-0.05, 0) is 55.5 Å². The van der Waals surface area contributed by atoms with Gasteiger partial charge in [0.25, 0.3) is 0 Å². The Kier molecular flexibility index (Phi) is 6.10. The van der Waals surface area contributed by atoms with Gasteiger partial charge >= 0.3 is 0 Å². The summed E-state index contributed by atoms with van der Waals surface area (Å²) in [5, 5.41) is 3.02. The van der Waals surface area contributed by atoms with E-state index < -0.39 is 5.82 Å². The predicted octanol–water partition coefficient (Wildman–Crippen LogP) is 4.40. The van der Waals surface area contributed by atoms with E-state index in [1.807, 2.05) is 18.2 Å². The van der Waals surface area contributed by atoms with Gasteiger partial charge in [0.05, 0.1) is 18.5 Å². The van der Waals surface area contributed by atoms with Crippen molar-refractivity contribution < 1.29 is 13.9 Å². The van der Waals surface area contributed by atoms with Gasteiger partial charge in [0.1, 0.15) is 0 Å². The van der Waals surface area contributed by atoms with Crippen molar-refractivity contribution >= 4 is 17.3 Å². The monoisotopic (exact) mass is 356 g/mol. The Labute approximate surface area is 154 Å². The fraction of sp³-hybridized carbons (Fsp3) is 0.381. The molecule has 2 aromatic rings. The van der Waals surface area contributed by atoms with Crippen LogP contribution in [0.25, 0.3) is 0 Å². The third-order valence-corrected chi connectivity index (χ3v) is 4.73. The molecule has 0 aromatic heterocycles. The molecule has 1 aliphatic heterocycles. The summed E-state index contributed by atoms with van der Waals surface area (Å²) in [4.78, 5) is 14.7. The number of para-hydroxylation sites is 2. The fourth-order valence-corrected chi connectivity index (χ4v) is 3.33. The van der Waals surface area contributed by atoms with Crippen molar-refractivity contribution in [2.45, 2.75) is 32.1 Å². The number of anilines is 2. The maximum absolute atomic E-state index is 13.7. The minimum atomic E-state index is -0.402. The van der Waals surface area contributed by atoms with Crippen molar-refractivity contribution in [2.75, 3.05) is 30.4 Å². The van der Waals surface area contributed by atoms with Crippen molar-refractivity contribution in [3.8, 4) is 5.75 Å². The minimum absolute atomic E-state index is 0.0642. The second kappa shape index (κ2) is 8.70. The Morgan fingerprint density at radius 2 is 1.92 bits per heavy atom. The van der Waals surface area contributed by atoms with Crippen LogP contribution in [0.1, 0.15) is 31.2 Å². The molecule has 0 aliphatic carbocycles. The molecule has 1 fully saturated rings. The van der Waals surface area contributed by atoms with Gasteiger partial charge in [-0.15, -0.1) is 0 Å². The highest BCUT2D eigenvalue weighted by molar-refractivity contribution is 5.94. The van der Waals surface area contributed by atoms with Gasteiger partial charge in [-0.3, -0.25) is 4.79 Å². The zero-order valence-electron chi connectivity index (χ0n) is 15.1. The number of hydrogen-bond acceptors (Lipinski definition) is 3. The lowest BCUT2D eigenvalue weighted by molar-refractivity contribution is -0.116. The lowest BCUT2D eigenvalue weighted by Crippen LogP contribution is -2.30. The lowest BCUT2D eigenvalue weighted by Gasteiger charge is -2.30. The number of halogens is 1. The maximum atomic E-state index is 13.7. The standard InChI is InChI=1S/C21H25FN2O2/c1-26-20-11-9-16(15-17(20)22)10-12-21(25)23-18-7-3-4-8-19(18)24-13-5-2-6-14-24/h3-4,7-9,11,15H,2,5-6,10,12-14H2,1H3,(H,23,25). The predicted molar refractivity (Wildman–Crippen MR) is 102 cm³/mol. The number of carbonyl (C=O) groups excluding carboxylic acids is 1. The zero-order valence-corrected chi connectivity index (χ0v) is 15.1. The number of nitrogens with zero attached hydrogens (tertiary/aromatic N) is 1. The molecule has 1 amide bonds. The summed E-state index contributed by atoms with van der Waals surface area (Å²) >= 11 is 0. The first-order valence-electron chi connectivity index (χ1n) is 9.13. The Balaban J connectivity index is 1.61. The quantitative estimate of drug-likeness (QED) is 0.834. The molecule has 1 saturated heterocycles. The van der Waals surface area contributed by atoms with Crippen LogP contribution in [0.4, 0.5) is 15.8 Å². The van der Waals surface area contributed by atoms with Crippen LogP contribution in [0.3, 0.4) is 0 Å². The molecular weight excluding hydrogens is 331 g/mol. The van der Waals surface area contributed by atoms with Gasteiger partial charge in [-0.2, -0.15) is 0 Å². The maximum Gasteiger partial charge on any atom is 0.224 e. The van der Waals surface area contributed by atoms with E-state index in [2.05, 4.69) is 16.3 Å². The van der Waals surface area contributed by atoms with E-state index in [1.165, 1.54) is 32.4 Å². The molecule has 0 atom stereocenters. The number of ether oxygens (including phenoxy) is 1. The number of amides is 1. The Morgan fingerprint density at radius 3 is 2.65 bits per heavy atom. The molecule has 1 aliphatic rings. The van der Waals surface area contributed by atoms with Crippen LogP contribution >= 0.6 is 0 Å². The normalized spacial score (nSPS) is 14.2. The van der Waals surface area contributed by atoms with Crippen molar-refractivity contribution in [2.24, 2.45) is 0 Å². The third-order valence-electron chi connectivity index (χ3n) is 4.73. The topological polar surface area (TPSA) is 41.6 Å². The number of aryl methyl sites for hydroxylation is 1. The first-order valence-corrected chi connectivity index (χ1v) is 9.13. The largest absolute Gasteiger partial charge is 0.494 e. The second-order valence-electron chi connectivity index (χ2n) is 6.58. The molecule has 0 spiro atoms. The summed E-state index contributed by atoms with van der Waals surface area (Å²) in [6.07, 6.45) is 4.43. The Bertz CT molecular complexity index is 757. The van der Waals surface area contributed by atoms with Crippen molar-refractivity contribution in [1.82, 2.24) is 0 Å².